The third-order valence-electron chi connectivity index (χ3n) is 2.28. The lowest BCUT2D eigenvalue weighted by Gasteiger charge is -2.24. The molecule has 0 aliphatic heterocycles. The third kappa shape index (κ3) is 2.56. The predicted octanol–water partition coefficient (Wildman–Crippen LogP) is 0.627. The Labute approximate surface area is 100 Å². The van der Waals surface area contributed by atoms with Crippen LogP contribution in [0.5, 0.6) is 0 Å². The van der Waals surface area contributed by atoms with Crippen molar-refractivity contribution < 1.29 is 18.3 Å². The molecule has 0 aromatic heterocycles. The van der Waals surface area contributed by atoms with E-state index in [4.69, 9.17) is 5.11 Å². The van der Waals surface area contributed by atoms with Crippen LogP contribution in [0.25, 0.3) is 0 Å². The summed E-state index contributed by atoms with van der Waals surface area (Å²) in [4.78, 5) is 11.0. The number of carboxylic acid groups (broad SMARTS) is 1. The highest BCUT2D eigenvalue weighted by atomic mass is 32.2. The lowest BCUT2D eigenvalue weighted by molar-refractivity contribution is 0.0698. The molecule has 1 rings (SSSR count). The molecule has 6 nitrogen and oxygen atoms in total. The number of para-hydroxylation sites is 1. The van der Waals surface area contributed by atoms with Gasteiger partial charge >= 0.3 is 16.2 Å². The summed E-state index contributed by atoms with van der Waals surface area (Å²) in [6.07, 6.45) is 0. The summed E-state index contributed by atoms with van der Waals surface area (Å²) in [5.41, 5.74) is 0.0779. The minimum atomic E-state index is -3.68. The Kier molecular flexibility index (Phi) is 3.74. The van der Waals surface area contributed by atoms with Gasteiger partial charge in [-0.15, -0.1) is 0 Å². The van der Waals surface area contributed by atoms with Crippen molar-refractivity contribution in [2.24, 2.45) is 0 Å². The zero-order valence-electron chi connectivity index (χ0n) is 9.78. The first-order valence-electron chi connectivity index (χ1n) is 4.77. The maximum absolute atomic E-state index is 11.9. The monoisotopic (exact) mass is 258 g/mol. The summed E-state index contributed by atoms with van der Waals surface area (Å²) in [6, 6.07) is 5.94. The molecule has 1 aromatic carbocycles. The van der Waals surface area contributed by atoms with Crippen molar-refractivity contribution >= 4 is 21.9 Å². The van der Waals surface area contributed by atoms with Crippen LogP contribution in [0, 0.1) is 0 Å². The summed E-state index contributed by atoms with van der Waals surface area (Å²) < 4.78 is 25.7. The normalized spacial score (nSPS) is 11.5. The van der Waals surface area contributed by atoms with Crippen LogP contribution < -0.4 is 4.31 Å². The largest absolute Gasteiger partial charge is 0.478 e. The van der Waals surface area contributed by atoms with Gasteiger partial charge in [0.2, 0.25) is 0 Å². The Morgan fingerprint density at radius 3 is 2.18 bits per heavy atom. The van der Waals surface area contributed by atoms with Gasteiger partial charge in [0.1, 0.15) is 0 Å². The minimum absolute atomic E-state index is 0.0552. The predicted molar refractivity (Wildman–Crippen MR) is 64.4 cm³/mol. The van der Waals surface area contributed by atoms with Gasteiger partial charge in [0.15, 0.2) is 0 Å². The molecule has 0 atom stereocenters. The standard InChI is InChI=1S/C10H14N2O4S/c1-11(2)17(15,16)12(3)9-7-5-4-6-8(9)10(13)14/h4-7H,1-3H3,(H,13,14). The van der Waals surface area contributed by atoms with Crippen molar-refractivity contribution in [3.8, 4) is 0 Å². The molecule has 94 valence electrons. The second kappa shape index (κ2) is 4.72. The molecular weight excluding hydrogens is 244 g/mol. The van der Waals surface area contributed by atoms with Gasteiger partial charge in [-0.25, -0.2) is 4.79 Å². The van der Waals surface area contributed by atoms with E-state index in [9.17, 15) is 13.2 Å². The SMILES string of the molecule is CN(C)S(=O)(=O)N(C)c1ccccc1C(=O)O. The molecule has 0 unspecified atom stereocenters. The van der Waals surface area contributed by atoms with Gasteiger partial charge in [-0.2, -0.15) is 12.7 Å². The number of rotatable bonds is 4. The first-order valence-corrected chi connectivity index (χ1v) is 6.17. The number of aromatic carboxylic acids is 1. The molecular formula is C10H14N2O4S. The summed E-state index contributed by atoms with van der Waals surface area (Å²) in [5.74, 6) is -1.17. The maximum Gasteiger partial charge on any atom is 0.337 e. The van der Waals surface area contributed by atoms with Gasteiger partial charge in [-0.1, -0.05) is 12.1 Å². The number of carbonyl (C=O) groups is 1. The van der Waals surface area contributed by atoms with Gasteiger partial charge < -0.3 is 5.11 Å². The number of carboxylic acids is 1. The van der Waals surface area contributed by atoms with Crippen LogP contribution in [0.2, 0.25) is 0 Å². The lowest BCUT2D eigenvalue weighted by Crippen LogP contribution is -2.38. The summed E-state index contributed by atoms with van der Waals surface area (Å²) >= 11 is 0. The molecule has 0 saturated heterocycles. The molecule has 0 aliphatic carbocycles. The van der Waals surface area contributed by atoms with Crippen LogP contribution in [-0.2, 0) is 10.2 Å². The average Bonchev–Trinajstić information content (AvgIpc) is 2.27. The number of hydrogen-bond acceptors (Lipinski definition) is 3. The quantitative estimate of drug-likeness (QED) is 0.859. The van der Waals surface area contributed by atoms with Crippen LogP contribution in [0.15, 0.2) is 24.3 Å². The lowest BCUT2D eigenvalue weighted by atomic mass is 10.2. The van der Waals surface area contributed by atoms with E-state index in [-0.39, 0.29) is 11.3 Å². The summed E-state index contributed by atoms with van der Waals surface area (Å²) in [7, 11) is 0.402. The van der Waals surface area contributed by atoms with Crippen LogP contribution in [-0.4, -0.2) is 44.9 Å². The Morgan fingerprint density at radius 2 is 1.71 bits per heavy atom. The molecule has 1 aromatic rings. The summed E-state index contributed by atoms with van der Waals surface area (Å²) in [6.45, 7) is 0. The molecule has 7 heteroatoms. The molecule has 0 fully saturated rings. The van der Waals surface area contributed by atoms with E-state index < -0.39 is 16.2 Å². The molecule has 0 amide bonds. The number of anilines is 1. The van der Waals surface area contributed by atoms with E-state index in [1.54, 1.807) is 12.1 Å². The molecule has 1 N–H and O–H groups in total. The van der Waals surface area contributed by atoms with Crippen molar-refractivity contribution in [1.29, 1.82) is 0 Å². The highest BCUT2D eigenvalue weighted by molar-refractivity contribution is 7.90. The second-order valence-electron chi connectivity index (χ2n) is 3.58. The van der Waals surface area contributed by atoms with E-state index in [2.05, 4.69) is 0 Å². The number of nitrogens with zero attached hydrogens (tertiary/aromatic N) is 2. The van der Waals surface area contributed by atoms with E-state index in [1.165, 1.54) is 33.3 Å². The zero-order valence-corrected chi connectivity index (χ0v) is 10.6. The fourth-order valence-corrected chi connectivity index (χ4v) is 2.20. The smallest absolute Gasteiger partial charge is 0.337 e. The zero-order chi connectivity index (χ0) is 13.2. The molecule has 0 radical (unpaired) electrons. The summed E-state index contributed by atoms with van der Waals surface area (Å²) in [5, 5.41) is 8.98. The molecule has 0 saturated carbocycles. The topological polar surface area (TPSA) is 77.9 Å². The molecule has 0 heterocycles. The molecule has 0 bridgehead atoms. The minimum Gasteiger partial charge on any atom is -0.478 e. The van der Waals surface area contributed by atoms with Crippen LogP contribution in [0.3, 0.4) is 0 Å². The van der Waals surface area contributed by atoms with Crippen molar-refractivity contribution in [1.82, 2.24) is 4.31 Å². The maximum atomic E-state index is 11.9. The van der Waals surface area contributed by atoms with Gasteiger partial charge in [0.25, 0.3) is 0 Å². The Hall–Kier alpha value is -1.60. The second-order valence-corrected chi connectivity index (χ2v) is 5.75. The Morgan fingerprint density at radius 1 is 1.18 bits per heavy atom. The highest BCUT2D eigenvalue weighted by Gasteiger charge is 2.24. The van der Waals surface area contributed by atoms with Crippen LogP contribution >= 0.6 is 0 Å². The highest BCUT2D eigenvalue weighted by Crippen LogP contribution is 2.22. The van der Waals surface area contributed by atoms with E-state index >= 15 is 0 Å². The van der Waals surface area contributed by atoms with E-state index in [1.807, 2.05) is 0 Å². The number of benzene rings is 1. The van der Waals surface area contributed by atoms with Gasteiger partial charge in [-0.05, 0) is 12.1 Å². The van der Waals surface area contributed by atoms with Crippen molar-refractivity contribution in [2.45, 2.75) is 0 Å². The third-order valence-corrected chi connectivity index (χ3v) is 4.09. The van der Waals surface area contributed by atoms with E-state index in [0.29, 0.717) is 0 Å². The van der Waals surface area contributed by atoms with Crippen molar-refractivity contribution in [3.05, 3.63) is 29.8 Å². The van der Waals surface area contributed by atoms with Crippen LogP contribution in [0.1, 0.15) is 10.4 Å². The average molecular weight is 258 g/mol. The Balaban J connectivity index is 3.31. The van der Waals surface area contributed by atoms with E-state index in [0.717, 1.165) is 8.61 Å². The first-order chi connectivity index (χ1) is 7.78. The fourth-order valence-electron chi connectivity index (χ4n) is 1.30. The fraction of sp³-hybridized carbons (Fsp3) is 0.300. The van der Waals surface area contributed by atoms with Crippen LogP contribution in [0.4, 0.5) is 5.69 Å². The van der Waals surface area contributed by atoms with Crippen molar-refractivity contribution in [3.63, 3.8) is 0 Å². The van der Waals surface area contributed by atoms with Gasteiger partial charge in [0.05, 0.1) is 11.3 Å². The molecule has 17 heavy (non-hydrogen) atoms. The van der Waals surface area contributed by atoms with Crippen molar-refractivity contribution in [2.75, 3.05) is 25.4 Å². The van der Waals surface area contributed by atoms with Gasteiger partial charge in [0, 0.05) is 21.1 Å². The molecule has 0 aliphatic rings. The van der Waals surface area contributed by atoms with Gasteiger partial charge in [-0.3, -0.25) is 4.31 Å². The Bertz CT molecular complexity index is 525. The first kappa shape index (κ1) is 13.5. The molecule has 0 spiro atoms. The number of hydrogen-bond donors (Lipinski definition) is 1.